The Bertz CT molecular complexity index is 2810. The van der Waals surface area contributed by atoms with Gasteiger partial charge in [0.2, 0.25) is 10.0 Å². The van der Waals surface area contributed by atoms with Crippen molar-refractivity contribution >= 4 is 67.6 Å². The summed E-state index contributed by atoms with van der Waals surface area (Å²) in [6.45, 7) is 3.62. The fourth-order valence-electron chi connectivity index (χ4n) is 6.51. The molecule has 0 aliphatic carbocycles. The summed E-state index contributed by atoms with van der Waals surface area (Å²) in [5.41, 5.74) is 1.78. The molecule has 4 aromatic heterocycles. The van der Waals surface area contributed by atoms with Gasteiger partial charge in [-0.15, -0.1) is 0 Å². The van der Waals surface area contributed by atoms with Gasteiger partial charge in [0.25, 0.3) is 5.91 Å². The van der Waals surface area contributed by atoms with Gasteiger partial charge >= 0.3 is 7.60 Å². The number of furan rings is 1. The molecule has 0 saturated carbocycles. The molecule has 0 aliphatic rings. The van der Waals surface area contributed by atoms with Gasteiger partial charge in [0.1, 0.15) is 40.5 Å². The molecule has 0 saturated heterocycles. The lowest BCUT2D eigenvalue weighted by Crippen LogP contribution is -2.25. The molecule has 17 heteroatoms. The van der Waals surface area contributed by atoms with Crippen LogP contribution in [-0.2, 0) is 29.8 Å². The molecule has 0 atom stereocenters. The van der Waals surface area contributed by atoms with Crippen LogP contribution in [0, 0.1) is 17.5 Å². The highest BCUT2D eigenvalue weighted by atomic mass is 32.2. The fraction of sp³-hybridized carbons (Fsp3) is 0.216. The SMILES string of the molecule is CCOP(=O)(Cc1nc2ccc(-c3cc4c(C(=O)NC)c(-c5ccc(F)cc5F)oc4cc3N(C)S(C)(=O)=O)nc2c2cc3c(F)cccc3n12)OCC. The first-order valence-corrected chi connectivity index (χ1v) is 20.2. The van der Waals surface area contributed by atoms with Crippen molar-refractivity contribution < 1.29 is 44.4 Å². The smallest absolute Gasteiger partial charge is 0.338 e. The number of rotatable bonds is 11. The van der Waals surface area contributed by atoms with Crippen molar-refractivity contribution in [3.63, 3.8) is 0 Å². The number of anilines is 1. The van der Waals surface area contributed by atoms with Gasteiger partial charge in [0.05, 0.1) is 58.5 Å². The Morgan fingerprint density at radius 3 is 2.33 bits per heavy atom. The Hall–Kier alpha value is -5.28. The molecule has 54 heavy (non-hydrogen) atoms. The Labute approximate surface area is 307 Å². The summed E-state index contributed by atoms with van der Waals surface area (Å²) in [7, 11) is -4.88. The third kappa shape index (κ3) is 6.38. The lowest BCUT2D eigenvalue weighted by Gasteiger charge is -2.21. The summed E-state index contributed by atoms with van der Waals surface area (Å²) in [6, 6.07) is 15.1. The standard InChI is InChI=1S/C37H33F3N5O7PS/c1-6-50-53(47,51-7-2)19-33-42-28-14-13-27(43-35(28)31-17-22-25(39)9-8-10-29(22)45(31)33)23-16-24-32(18-30(23)44(4)54(5,48)49)52-36(34(24)37(46)41-3)21-12-11-20(38)15-26(21)40/h8-18H,6-7,19H2,1-5H3,(H,41,46). The summed E-state index contributed by atoms with van der Waals surface area (Å²) in [5.74, 6) is -2.90. The highest BCUT2D eigenvalue weighted by Gasteiger charge is 2.30. The van der Waals surface area contributed by atoms with Gasteiger partial charge in [0, 0.05) is 42.6 Å². The predicted octanol–water partition coefficient (Wildman–Crippen LogP) is 8.05. The zero-order chi connectivity index (χ0) is 38.7. The van der Waals surface area contributed by atoms with E-state index in [1.807, 2.05) is 0 Å². The average Bonchev–Trinajstić information content (AvgIpc) is 3.70. The number of pyridine rings is 1. The van der Waals surface area contributed by atoms with Crippen LogP contribution < -0.4 is 9.62 Å². The van der Waals surface area contributed by atoms with Crippen LogP contribution >= 0.6 is 7.60 Å². The zero-order valence-corrected chi connectivity index (χ0v) is 31.3. The monoisotopic (exact) mass is 779 g/mol. The second-order valence-electron chi connectivity index (χ2n) is 12.3. The van der Waals surface area contributed by atoms with Crippen molar-refractivity contribution in [3.8, 4) is 22.6 Å². The number of hydrogen-bond acceptors (Lipinski definition) is 9. The number of hydrogen-bond donors (Lipinski definition) is 1. The van der Waals surface area contributed by atoms with E-state index in [2.05, 4.69) is 5.32 Å². The molecule has 280 valence electrons. The van der Waals surface area contributed by atoms with Crippen LogP contribution in [0.4, 0.5) is 18.9 Å². The lowest BCUT2D eigenvalue weighted by atomic mass is 10.0. The van der Waals surface area contributed by atoms with E-state index < -0.39 is 41.0 Å². The van der Waals surface area contributed by atoms with Gasteiger partial charge in [-0.2, -0.15) is 0 Å². The summed E-state index contributed by atoms with van der Waals surface area (Å²) >= 11 is 0. The minimum atomic E-state index is -3.90. The Kier molecular flexibility index (Phi) is 9.50. The number of amides is 1. The quantitative estimate of drug-likeness (QED) is 0.129. The van der Waals surface area contributed by atoms with Crippen molar-refractivity contribution in [3.05, 3.63) is 95.6 Å². The molecule has 0 spiro atoms. The Morgan fingerprint density at radius 2 is 1.67 bits per heavy atom. The van der Waals surface area contributed by atoms with E-state index in [0.717, 1.165) is 22.7 Å². The highest BCUT2D eigenvalue weighted by Crippen LogP contribution is 2.51. The number of halogens is 3. The summed E-state index contributed by atoms with van der Waals surface area (Å²) in [5, 5.41) is 2.96. The molecule has 4 heterocycles. The second-order valence-corrected chi connectivity index (χ2v) is 16.4. The van der Waals surface area contributed by atoms with E-state index >= 15 is 8.78 Å². The number of carbonyl (C=O) groups is 1. The number of fused-ring (bicyclic) bond motifs is 6. The van der Waals surface area contributed by atoms with E-state index in [9.17, 15) is 22.2 Å². The minimum Gasteiger partial charge on any atom is -0.455 e. The molecule has 0 fully saturated rings. The van der Waals surface area contributed by atoms with Gasteiger partial charge in [-0.1, -0.05) is 6.07 Å². The lowest BCUT2D eigenvalue weighted by molar-refractivity contribution is 0.0964. The van der Waals surface area contributed by atoms with Crippen LogP contribution in [0.15, 0.2) is 71.1 Å². The molecule has 1 amide bonds. The summed E-state index contributed by atoms with van der Waals surface area (Å²) < 4.78 is 104. The van der Waals surface area contributed by atoms with Crippen molar-refractivity contribution in [1.82, 2.24) is 19.7 Å². The normalized spacial score (nSPS) is 12.4. The van der Waals surface area contributed by atoms with E-state index in [0.29, 0.717) is 22.6 Å². The van der Waals surface area contributed by atoms with Crippen LogP contribution in [0.2, 0.25) is 0 Å². The maximum Gasteiger partial charge on any atom is 0.338 e. The average molecular weight is 780 g/mol. The number of carbonyl (C=O) groups excluding carboxylic acids is 1. The van der Waals surface area contributed by atoms with E-state index in [1.165, 1.54) is 38.4 Å². The topological polar surface area (TPSA) is 145 Å². The van der Waals surface area contributed by atoms with Crippen molar-refractivity contribution in [2.45, 2.75) is 20.0 Å². The largest absolute Gasteiger partial charge is 0.455 e. The molecule has 12 nitrogen and oxygen atoms in total. The predicted molar refractivity (Wildman–Crippen MR) is 200 cm³/mol. The van der Waals surface area contributed by atoms with E-state index in [1.54, 1.807) is 42.5 Å². The first-order chi connectivity index (χ1) is 25.7. The molecular formula is C37H33F3N5O7PS. The molecule has 0 unspecified atom stereocenters. The minimum absolute atomic E-state index is 0.0393. The molecule has 7 aromatic rings. The van der Waals surface area contributed by atoms with Gasteiger partial charge in [-0.05, 0) is 62.4 Å². The third-order valence-electron chi connectivity index (χ3n) is 8.95. The van der Waals surface area contributed by atoms with Gasteiger partial charge in [-0.3, -0.25) is 18.1 Å². The number of nitrogens with zero attached hydrogens (tertiary/aromatic N) is 4. The summed E-state index contributed by atoms with van der Waals surface area (Å²) in [6.07, 6.45) is 0.772. The molecule has 0 aliphatic heterocycles. The summed E-state index contributed by atoms with van der Waals surface area (Å²) in [4.78, 5) is 23.1. The van der Waals surface area contributed by atoms with Gasteiger partial charge in [-0.25, -0.2) is 31.6 Å². The van der Waals surface area contributed by atoms with Crippen LogP contribution in [-0.4, -0.2) is 62.3 Å². The zero-order valence-electron chi connectivity index (χ0n) is 29.6. The van der Waals surface area contributed by atoms with Crippen molar-refractivity contribution in [2.75, 3.05) is 37.9 Å². The number of sulfonamides is 1. The van der Waals surface area contributed by atoms with Crippen molar-refractivity contribution in [1.29, 1.82) is 0 Å². The first-order valence-electron chi connectivity index (χ1n) is 16.7. The molecule has 1 N–H and O–H groups in total. The number of benzene rings is 3. The number of nitrogens with one attached hydrogen (secondary N) is 1. The van der Waals surface area contributed by atoms with Gasteiger partial charge in [0.15, 0.2) is 5.76 Å². The Morgan fingerprint density at radius 1 is 0.926 bits per heavy atom. The first kappa shape index (κ1) is 37.1. The molecule has 7 rings (SSSR count). The van der Waals surface area contributed by atoms with Crippen LogP contribution in [0.1, 0.15) is 30.0 Å². The molecule has 3 aromatic carbocycles. The molecule has 0 bridgehead atoms. The maximum absolute atomic E-state index is 15.3. The van der Waals surface area contributed by atoms with E-state index in [4.69, 9.17) is 23.4 Å². The van der Waals surface area contributed by atoms with Crippen LogP contribution in [0.25, 0.3) is 61.0 Å². The maximum atomic E-state index is 15.3. The van der Waals surface area contributed by atoms with Crippen molar-refractivity contribution in [2.24, 2.45) is 0 Å². The molecule has 0 radical (unpaired) electrons. The Balaban J connectivity index is 1.53. The van der Waals surface area contributed by atoms with Gasteiger partial charge < -0.3 is 18.8 Å². The second kappa shape index (κ2) is 13.9. The van der Waals surface area contributed by atoms with Crippen LogP contribution in [0.3, 0.4) is 0 Å². The van der Waals surface area contributed by atoms with Crippen LogP contribution in [0.5, 0.6) is 0 Å². The molecular weight excluding hydrogens is 746 g/mol. The fourth-order valence-corrected chi connectivity index (χ4v) is 8.62. The highest BCUT2D eigenvalue weighted by molar-refractivity contribution is 7.92. The van der Waals surface area contributed by atoms with E-state index in [-0.39, 0.29) is 80.9 Å². The third-order valence-corrected chi connectivity index (χ3v) is 12.1. The number of aromatic nitrogens is 3.